The van der Waals surface area contributed by atoms with Gasteiger partial charge in [-0.25, -0.2) is 13.4 Å². The molecule has 2 heterocycles. The summed E-state index contributed by atoms with van der Waals surface area (Å²) in [5, 5.41) is 2.11. The van der Waals surface area contributed by atoms with Crippen molar-refractivity contribution in [2.24, 2.45) is 4.99 Å². The second kappa shape index (κ2) is 9.38. The van der Waals surface area contributed by atoms with E-state index < -0.39 is 10.0 Å². The largest absolute Gasteiger partial charge is 0.379 e. The van der Waals surface area contributed by atoms with Crippen LogP contribution in [0.15, 0.2) is 68.3 Å². The summed E-state index contributed by atoms with van der Waals surface area (Å²) in [6, 6.07) is 15.1. The molecule has 1 aliphatic rings. The van der Waals surface area contributed by atoms with Gasteiger partial charge in [-0.1, -0.05) is 34.1 Å². The quantitative estimate of drug-likeness (QED) is 0.483. The van der Waals surface area contributed by atoms with E-state index in [9.17, 15) is 8.42 Å². The number of rotatable bonds is 5. The summed E-state index contributed by atoms with van der Waals surface area (Å²) in [4.78, 5) is 5.96. The predicted molar refractivity (Wildman–Crippen MR) is 127 cm³/mol. The molecular formula is C22H24BrN3O3S2. The van der Waals surface area contributed by atoms with Gasteiger partial charge in [-0.05, 0) is 44.2 Å². The molecule has 1 fully saturated rings. The van der Waals surface area contributed by atoms with E-state index in [1.54, 1.807) is 35.6 Å². The monoisotopic (exact) mass is 521 g/mol. The van der Waals surface area contributed by atoms with Crippen LogP contribution in [-0.4, -0.2) is 43.6 Å². The molecule has 0 saturated carbocycles. The number of thiazole rings is 1. The molecule has 0 atom stereocenters. The fourth-order valence-corrected chi connectivity index (χ4v) is 6.44. The zero-order chi connectivity index (χ0) is 22.0. The van der Waals surface area contributed by atoms with E-state index in [0.717, 1.165) is 26.2 Å². The fraction of sp³-hybridized carbons (Fsp3) is 0.318. The minimum Gasteiger partial charge on any atom is -0.379 e. The average molecular weight is 522 g/mol. The summed E-state index contributed by atoms with van der Waals surface area (Å²) in [6.45, 7) is 5.89. The lowest BCUT2D eigenvalue weighted by Gasteiger charge is -2.26. The van der Waals surface area contributed by atoms with Crippen molar-refractivity contribution in [3.63, 3.8) is 0 Å². The van der Waals surface area contributed by atoms with Crippen LogP contribution in [0.5, 0.6) is 0 Å². The van der Waals surface area contributed by atoms with Gasteiger partial charge in [-0.3, -0.25) is 0 Å². The van der Waals surface area contributed by atoms with E-state index in [1.807, 2.05) is 18.2 Å². The Labute approximate surface area is 195 Å². The zero-order valence-corrected chi connectivity index (χ0v) is 20.6. The van der Waals surface area contributed by atoms with E-state index in [0.29, 0.717) is 26.3 Å². The van der Waals surface area contributed by atoms with Crippen molar-refractivity contribution in [1.82, 2.24) is 8.87 Å². The summed E-state index contributed by atoms with van der Waals surface area (Å²) in [6.07, 6.45) is 0. The molecule has 0 aliphatic carbocycles. The lowest BCUT2D eigenvalue weighted by atomic mass is 10.1. The highest BCUT2D eigenvalue weighted by Gasteiger charge is 2.26. The highest BCUT2D eigenvalue weighted by atomic mass is 79.9. The molecule has 9 heteroatoms. The van der Waals surface area contributed by atoms with Gasteiger partial charge < -0.3 is 9.30 Å². The van der Waals surface area contributed by atoms with Crippen molar-refractivity contribution in [2.45, 2.75) is 24.8 Å². The minimum atomic E-state index is -3.51. The number of ether oxygens (including phenoxy) is 1. The maximum Gasteiger partial charge on any atom is 0.243 e. The van der Waals surface area contributed by atoms with E-state index in [4.69, 9.17) is 9.73 Å². The Morgan fingerprint density at radius 3 is 2.39 bits per heavy atom. The predicted octanol–water partition coefficient (Wildman–Crippen LogP) is 4.81. The summed E-state index contributed by atoms with van der Waals surface area (Å²) < 4.78 is 35.6. The summed E-state index contributed by atoms with van der Waals surface area (Å²) in [5.74, 6) is 0. The minimum absolute atomic E-state index is 0.216. The highest BCUT2D eigenvalue weighted by molar-refractivity contribution is 9.10. The third-order valence-corrected chi connectivity index (χ3v) is 8.52. The van der Waals surface area contributed by atoms with Crippen LogP contribution >= 0.6 is 27.3 Å². The van der Waals surface area contributed by atoms with Crippen molar-refractivity contribution >= 4 is 43.0 Å². The van der Waals surface area contributed by atoms with E-state index >= 15 is 0 Å². The molecular weight excluding hydrogens is 498 g/mol. The summed E-state index contributed by atoms with van der Waals surface area (Å²) in [5.41, 5.74) is 2.93. The molecule has 6 nitrogen and oxygen atoms in total. The Balaban J connectivity index is 1.69. The van der Waals surface area contributed by atoms with Crippen molar-refractivity contribution in [2.75, 3.05) is 26.3 Å². The van der Waals surface area contributed by atoms with Crippen molar-refractivity contribution in [1.29, 1.82) is 0 Å². The van der Waals surface area contributed by atoms with Crippen LogP contribution in [0.2, 0.25) is 0 Å². The van der Waals surface area contributed by atoms with Crippen LogP contribution in [0.4, 0.5) is 5.69 Å². The summed E-state index contributed by atoms with van der Waals surface area (Å²) in [7, 11) is -3.51. The van der Waals surface area contributed by atoms with Crippen LogP contribution in [0.1, 0.15) is 19.9 Å². The van der Waals surface area contributed by atoms with Crippen LogP contribution in [-0.2, 0) is 14.8 Å². The molecule has 0 radical (unpaired) electrons. The van der Waals surface area contributed by atoms with Crippen molar-refractivity contribution in [3.8, 4) is 11.3 Å². The van der Waals surface area contributed by atoms with Gasteiger partial charge >= 0.3 is 0 Å². The molecule has 0 unspecified atom stereocenters. The number of nitrogens with zero attached hydrogens (tertiary/aromatic N) is 3. The molecule has 31 heavy (non-hydrogen) atoms. The van der Waals surface area contributed by atoms with E-state index in [2.05, 4.69) is 45.8 Å². The summed E-state index contributed by atoms with van der Waals surface area (Å²) >= 11 is 5.21. The molecule has 0 N–H and O–H groups in total. The van der Waals surface area contributed by atoms with Crippen LogP contribution in [0, 0.1) is 0 Å². The molecule has 1 aliphatic heterocycles. The van der Waals surface area contributed by atoms with Gasteiger partial charge in [-0.2, -0.15) is 4.31 Å². The molecule has 4 rings (SSSR count). The maximum absolute atomic E-state index is 12.8. The number of aromatic nitrogens is 1. The molecule has 1 saturated heterocycles. The second-order valence-electron chi connectivity index (χ2n) is 7.47. The van der Waals surface area contributed by atoms with E-state index in [-0.39, 0.29) is 10.9 Å². The fourth-order valence-electron chi connectivity index (χ4n) is 3.51. The molecule has 0 spiro atoms. The SMILES string of the molecule is CC(C)n1c(-c2ccccc2Br)csc1=Nc1ccc(S(=O)(=O)N2CCOCC2)cc1. The first-order valence-electron chi connectivity index (χ1n) is 10.1. The molecule has 164 valence electrons. The zero-order valence-electron chi connectivity index (χ0n) is 17.4. The van der Waals surface area contributed by atoms with Gasteiger partial charge in [0.15, 0.2) is 4.80 Å². The number of halogens is 1. The second-order valence-corrected chi connectivity index (χ2v) is 11.1. The topological polar surface area (TPSA) is 63.9 Å². The van der Waals surface area contributed by atoms with Gasteiger partial charge in [-0.15, -0.1) is 11.3 Å². The van der Waals surface area contributed by atoms with Gasteiger partial charge in [0.25, 0.3) is 0 Å². The molecule has 1 aromatic heterocycles. The molecule has 0 amide bonds. The third-order valence-electron chi connectivity index (χ3n) is 5.08. The smallest absolute Gasteiger partial charge is 0.243 e. The number of benzene rings is 2. The van der Waals surface area contributed by atoms with Crippen LogP contribution in [0.3, 0.4) is 0 Å². The number of hydrogen-bond donors (Lipinski definition) is 0. The standard InChI is InChI=1S/C22H24BrN3O3S2/c1-16(2)26-21(19-5-3-4-6-20(19)23)15-30-22(26)24-17-7-9-18(10-8-17)31(27,28)25-11-13-29-14-12-25/h3-10,15-16H,11-14H2,1-2H3. The first-order valence-corrected chi connectivity index (χ1v) is 13.2. The van der Waals surface area contributed by atoms with Crippen molar-refractivity contribution < 1.29 is 13.2 Å². The lowest BCUT2D eigenvalue weighted by Crippen LogP contribution is -2.40. The Morgan fingerprint density at radius 2 is 1.74 bits per heavy atom. The van der Waals surface area contributed by atoms with Crippen LogP contribution < -0.4 is 4.80 Å². The first kappa shape index (κ1) is 22.4. The highest BCUT2D eigenvalue weighted by Crippen LogP contribution is 2.30. The Hall–Kier alpha value is -1.78. The number of sulfonamides is 1. The normalized spacial score (nSPS) is 16.2. The Kier molecular flexibility index (Phi) is 6.78. The Bertz CT molecular complexity index is 1230. The first-order chi connectivity index (χ1) is 14.9. The van der Waals surface area contributed by atoms with Gasteiger partial charge in [0.2, 0.25) is 10.0 Å². The molecule has 2 aromatic carbocycles. The Morgan fingerprint density at radius 1 is 1.06 bits per heavy atom. The average Bonchev–Trinajstić information content (AvgIpc) is 3.18. The molecule has 0 bridgehead atoms. The van der Waals surface area contributed by atoms with Gasteiger partial charge in [0.05, 0.1) is 29.5 Å². The van der Waals surface area contributed by atoms with Crippen LogP contribution in [0.25, 0.3) is 11.3 Å². The number of morpholine rings is 1. The van der Waals surface area contributed by atoms with E-state index in [1.165, 1.54) is 4.31 Å². The van der Waals surface area contributed by atoms with Gasteiger partial charge in [0.1, 0.15) is 0 Å². The van der Waals surface area contributed by atoms with Crippen molar-refractivity contribution in [3.05, 3.63) is 63.2 Å². The maximum atomic E-state index is 12.8. The molecule has 3 aromatic rings. The number of hydrogen-bond acceptors (Lipinski definition) is 5. The third kappa shape index (κ3) is 4.70. The van der Waals surface area contributed by atoms with Gasteiger partial charge in [0, 0.05) is 34.5 Å². The lowest BCUT2D eigenvalue weighted by molar-refractivity contribution is 0.0730.